The maximum absolute atomic E-state index is 12.5. The van der Waals surface area contributed by atoms with Crippen LogP contribution in [0.5, 0.6) is 0 Å². The number of hydrogen-bond donors (Lipinski definition) is 2. The van der Waals surface area contributed by atoms with E-state index in [2.05, 4.69) is 24.1 Å². The molecular formula is C19H31N3O2. The number of nitrogens with one attached hydrogen (secondary N) is 1. The maximum Gasteiger partial charge on any atom is 0.317 e. The van der Waals surface area contributed by atoms with Crippen LogP contribution in [-0.2, 0) is 6.54 Å². The molecule has 1 aromatic rings. The third-order valence-electron chi connectivity index (χ3n) is 4.70. The number of nitrogens with zero attached hydrogens (tertiary/aromatic N) is 2. The van der Waals surface area contributed by atoms with Gasteiger partial charge in [-0.25, -0.2) is 4.79 Å². The molecule has 5 nitrogen and oxygen atoms in total. The number of piperidine rings is 1. The van der Waals surface area contributed by atoms with Crippen molar-refractivity contribution in [3.8, 4) is 0 Å². The first-order valence-electron chi connectivity index (χ1n) is 9.01. The molecule has 1 aliphatic heterocycles. The zero-order chi connectivity index (χ0) is 17.4. The quantitative estimate of drug-likeness (QED) is 0.805. The van der Waals surface area contributed by atoms with Crippen LogP contribution in [0.1, 0.15) is 32.3 Å². The molecule has 1 fully saturated rings. The molecule has 2 rings (SSSR count). The molecular weight excluding hydrogens is 302 g/mol. The summed E-state index contributed by atoms with van der Waals surface area (Å²) in [5, 5.41) is 12.3. The van der Waals surface area contributed by atoms with Crippen LogP contribution in [0.4, 0.5) is 4.79 Å². The Morgan fingerprint density at radius 3 is 2.79 bits per heavy atom. The van der Waals surface area contributed by atoms with Crippen LogP contribution in [0.15, 0.2) is 30.3 Å². The van der Waals surface area contributed by atoms with E-state index in [-0.39, 0.29) is 12.6 Å². The van der Waals surface area contributed by atoms with Crippen molar-refractivity contribution in [2.24, 2.45) is 5.92 Å². The van der Waals surface area contributed by atoms with E-state index in [1.54, 1.807) is 4.90 Å². The van der Waals surface area contributed by atoms with Crippen molar-refractivity contribution in [1.29, 1.82) is 0 Å². The molecule has 1 saturated heterocycles. The van der Waals surface area contributed by atoms with Crippen molar-refractivity contribution in [1.82, 2.24) is 15.1 Å². The lowest BCUT2D eigenvalue weighted by molar-refractivity contribution is 0.135. The lowest BCUT2D eigenvalue weighted by atomic mass is 9.97. The Morgan fingerprint density at radius 2 is 2.12 bits per heavy atom. The number of carbonyl (C=O) groups excluding carboxylic acids is 1. The summed E-state index contributed by atoms with van der Waals surface area (Å²) in [6.07, 6.45) is 2.37. The standard InChI is InChI=1S/C19H31N3O2/c1-16(2)21-10-6-9-18(15-21)13-20-19(24)22(11-12-23)14-17-7-4-3-5-8-17/h3-5,7-8,16,18,23H,6,9-15H2,1-2H3,(H,20,24). The number of amides is 2. The van der Waals surface area contributed by atoms with E-state index in [4.69, 9.17) is 0 Å². The van der Waals surface area contributed by atoms with E-state index >= 15 is 0 Å². The molecule has 5 heteroatoms. The summed E-state index contributed by atoms with van der Waals surface area (Å²) in [6, 6.07) is 10.4. The number of urea groups is 1. The Labute approximate surface area is 145 Å². The maximum atomic E-state index is 12.5. The third-order valence-corrected chi connectivity index (χ3v) is 4.70. The van der Waals surface area contributed by atoms with Gasteiger partial charge in [-0.05, 0) is 44.7 Å². The van der Waals surface area contributed by atoms with E-state index in [0.717, 1.165) is 18.7 Å². The van der Waals surface area contributed by atoms with Gasteiger partial charge in [-0.1, -0.05) is 30.3 Å². The van der Waals surface area contributed by atoms with Crippen molar-refractivity contribution in [2.75, 3.05) is 32.8 Å². The molecule has 2 amide bonds. The Kier molecular flexibility index (Phi) is 7.53. The summed E-state index contributed by atoms with van der Waals surface area (Å²) < 4.78 is 0. The zero-order valence-corrected chi connectivity index (χ0v) is 14.9. The van der Waals surface area contributed by atoms with Crippen molar-refractivity contribution in [3.63, 3.8) is 0 Å². The van der Waals surface area contributed by atoms with Crippen LogP contribution in [0.2, 0.25) is 0 Å². The SMILES string of the molecule is CC(C)N1CCCC(CNC(=O)N(CCO)Cc2ccccc2)C1. The molecule has 1 aromatic carbocycles. The summed E-state index contributed by atoms with van der Waals surface area (Å²) in [7, 11) is 0. The number of hydrogen-bond acceptors (Lipinski definition) is 3. The van der Waals surface area contributed by atoms with Gasteiger partial charge in [0.1, 0.15) is 0 Å². The first kappa shape index (κ1) is 18.7. The highest BCUT2D eigenvalue weighted by Crippen LogP contribution is 2.17. The molecule has 0 radical (unpaired) electrons. The molecule has 24 heavy (non-hydrogen) atoms. The number of aliphatic hydroxyl groups is 1. The highest BCUT2D eigenvalue weighted by Gasteiger charge is 2.22. The summed E-state index contributed by atoms with van der Waals surface area (Å²) in [6.45, 7) is 8.22. The summed E-state index contributed by atoms with van der Waals surface area (Å²) in [5.74, 6) is 0.512. The second-order valence-corrected chi connectivity index (χ2v) is 6.91. The van der Waals surface area contributed by atoms with Crippen molar-refractivity contribution in [2.45, 2.75) is 39.3 Å². The fourth-order valence-corrected chi connectivity index (χ4v) is 3.25. The molecule has 0 aliphatic carbocycles. The molecule has 0 aromatic heterocycles. The molecule has 0 saturated carbocycles. The van der Waals surface area contributed by atoms with Crippen molar-refractivity contribution >= 4 is 6.03 Å². The van der Waals surface area contributed by atoms with Gasteiger partial charge in [0, 0.05) is 32.2 Å². The van der Waals surface area contributed by atoms with Crippen molar-refractivity contribution < 1.29 is 9.90 Å². The summed E-state index contributed by atoms with van der Waals surface area (Å²) in [5.41, 5.74) is 1.07. The minimum Gasteiger partial charge on any atom is -0.395 e. The Morgan fingerprint density at radius 1 is 1.38 bits per heavy atom. The normalized spacial score (nSPS) is 18.6. The fraction of sp³-hybridized carbons (Fsp3) is 0.632. The molecule has 0 bridgehead atoms. The van der Waals surface area contributed by atoms with E-state index in [1.807, 2.05) is 30.3 Å². The van der Waals surface area contributed by atoms with Crippen LogP contribution in [0.3, 0.4) is 0 Å². The molecule has 2 N–H and O–H groups in total. The van der Waals surface area contributed by atoms with Crippen LogP contribution in [-0.4, -0.2) is 59.8 Å². The molecule has 0 spiro atoms. The second kappa shape index (κ2) is 9.64. The number of rotatable bonds is 7. The predicted octanol–water partition coefficient (Wildman–Crippen LogP) is 2.31. The van der Waals surface area contributed by atoms with Gasteiger partial charge in [-0.2, -0.15) is 0 Å². The number of likely N-dealkylation sites (tertiary alicyclic amines) is 1. The highest BCUT2D eigenvalue weighted by atomic mass is 16.3. The van der Waals surface area contributed by atoms with Gasteiger partial charge < -0.3 is 20.2 Å². The molecule has 134 valence electrons. The Balaban J connectivity index is 1.84. The van der Waals surface area contributed by atoms with Gasteiger partial charge in [-0.15, -0.1) is 0 Å². The first-order valence-corrected chi connectivity index (χ1v) is 9.01. The van der Waals surface area contributed by atoms with Gasteiger partial charge in [0.15, 0.2) is 0 Å². The van der Waals surface area contributed by atoms with Crippen molar-refractivity contribution in [3.05, 3.63) is 35.9 Å². The van der Waals surface area contributed by atoms with Gasteiger partial charge in [-0.3, -0.25) is 0 Å². The minimum absolute atomic E-state index is 0.0230. The van der Waals surface area contributed by atoms with E-state index in [9.17, 15) is 9.90 Å². The first-order chi connectivity index (χ1) is 11.6. The highest BCUT2D eigenvalue weighted by molar-refractivity contribution is 5.74. The van der Waals surface area contributed by atoms with E-state index in [1.165, 1.54) is 12.8 Å². The molecule has 1 unspecified atom stereocenters. The lowest BCUT2D eigenvalue weighted by Crippen LogP contribution is -2.47. The number of benzene rings is 1. The number of carbonyl (C=O) groups is 1. The fourth-order valence-electron chi connectivity index (χ4n) is 3.25. The van der Waals surface area contributed by atoms with Crippen LogP contribution >= 0.6 is 0 Å². The van der Waals surface area contributed by atoms with Gasteiger partial charge >= 0.3 is 6.03 Å². The largest absolute Gasteiger partial charge is 0.395 e. The van der Waals surface area contributed by atoms with Gasteiger partial charge in [0.2, 0.25) is 0 Å². The van der Waals surface area contributed by atoms with Gasteiger partial charge in [0.25, 0.3) is 0 Å². The van der Waals surface area contributed by atoms with E-state index in [0.29, 0.717) is 31.6 Å². The third kappa shape index (κ3) is 5.80. The Hall–Kier alpha value is -1.59. The van der Waals surface area contributed by atoms with E-state index < -0.39 is 0 Å². The van der Waals surface area contributed by atoms with Gasteiger partial charge in [0.05, 0.1) is 6.61 Å². The second-order valence-electron chi connectivity index (χ2n) is 6.91. The van der Waals surface area contributed by atoms with Crippen LogP contribution in [0.25, 0.3) is 0 Å². The average molecular weight is 333 g/mol. The van der Waals surface area contributed by atoms with Crippen LogP contribution in [0, 0.1) is 5.92 Å². The summed E-state index contributed by atoms with van der Waals surface area (Å²) >= 11 is 0. The number of aliphatic hydroxyl groups excluding tert-OH is 1. The summed E-state index contributed by atoms with van der Waals surface area (Å²) in [4.78, 5) is 16.6. The molecule has 1 aliphatic rings. The van der Waals surface area contributed by atoms with Crippen LogP contribution < -0.4 is 5.32 Å². The molecule has 1 atom stereocenters. The lowest BCUT2D eigenvalue weighted by Gasteiger charge is -2.35. The smallest absolute Gasteiger partial charge is 0.317 e. The average Bonchev–Trinajstić information content (AvgIpc) is 2.60. The molecule has 1 heterocycles. The topological polar surface area (TPSA) is 55.8 Å². The Bertz CT molecular complexity index is 493. The zero-order valence-electron chi connectivity index (χ0n) is 14.9. The minimum atomic E-state index is -0.0884. The monoisotopic (exact) mass is 333 g/mol. The predicted molar refractivity (Wildman–Crippen MR) is 96.8 cm³/mol.